The van der Waals surface area contributed by atoms with Gasteiger partial charge in [0.05, 0.1) is 11.3 Å². The minimum Gasteiger partial charge on any atom is -0.308 e. The minimum absolute atomic E-state index is 0.414. The molecule has 3 heteroatoms. The summed E-state index contributed by atoms with van der Waals surface area (Å²) in [5.41, 5.74) is 1.23. The Balaban J connectivity index is 2.17. The third-order valence-corrected chi connectivity index (χ3v) is 3.95. The molecular weight excluding hydrogens is 250 g/mol. The van der Waals surface area contributed by atoms with E-state index in [9.17, 15) is 9.59 Å². The van der Waals surface area contributed by atoms with E-state index in [1.54, 1.807) is 7.05 Å². The number of fused-ring (bicyclic) bond motifs is 4. The van der Waals surface area contributed by atoms with Crippen molar-refractivity contribution in [2.75, 3.05) is 11.9 Å². The first kappa shape index (κ1) is 11.2. The zero-order valence-electron chi connectivity index (χ0n) is 10.9. The lowest BCUT2D eigenvalue weighted by Crippen LogP contribution is -2.24. The van der Waals surface area contributed by atoms with Crippen molar-refractivity contribution in [2.45, 2.75) is 0 Å². The summed E-state index contributed by atoms with van der Waals surface area (Å²) >= 11 is 0. The molecule has 96 valence electrons. The first-order valence-electron chi connectivity index (χ1n) is 6.45. The van der Waals surface area contributed by atoms with Crippen molar-refractivity contribution < 1.29 is 9.59 Å². The average Bonchev–Trinajstić information content (AvgIpc) is 2.70. The fourth-order valence-corrected chi connectivity index (χ4v) is 2.89. The lowest BCUT2D eigenvalue weighted by molar-refractivity contribution is -0.114. The Morgan fingerprint density at radius 3 is 2.30 bits per heavy atom. The number of likely N-dealkylation sites (N-methyl/N-ethyl adjacent to an activating group) is 1. The number of hydrogen-bond donors (Lipinski definition) is 0. The molecule has 0 aliphatic carbocycles. The van der Waals surface area contributed by atoms with Crippen LogP contribution >= 0.6 is 0 Å². The second-order valence-corrected chi connectivity index (χ2v) is 5.07. The first-order chi connectivity index (χ1) is 9.66. The quantitative estimate of drug-likeness (QED) is 0.460. The number of anilines is 1. The van der Waals surface area contributed by atoms with Crippen LogP contribution in [0.3, 0.4) is 0 Å². The van der Waals surface area contributed by atoms with Gasteiger partial charge < -0.3 is 4.90 Å². The van der Waals surface area contributed by atoms with Crippen molar-refractivity contribution in [1.29, 1.82) is 0 Å². The lowest BCUT2D eigenvalue weighted by atomic mass is 9.98. The van der Waals surface area contributed by atoms with E-state index in [1.807, 2.05) is 42.5 Å². The van der Waals surface area contributed by atoms with E-state index in [0.29, 0.717) is 11.3 Å². The molecule has 0 unspecified atom stereocenters. The van der Waals surface area contributed by atoms with E-state index in [4.69, 9.17) is 0 Å². The fraction of sp³-hybridized carbons (Fsp3) is 0.0588. The molecule has 0 fully saturated rings. The Morgan fingerprint density at radius 2 is 1.55 bits per heavy atom. The van der Waals surface area contributed by atoms with Crippen molar-refractivity contribution in [2.24, 2.45) is 0 Å². The number of amides is 1. The van der Waals surface area contributed by atoms with Gasteiger partial charge in [0.1, 0.15) is 0 Å². The van der Waals surface area contributed by atoms with Crippen molar-refractivity contribution in [3.63, 3.8) is 0 Å². The van der Waals surface area contributed by atoms with Gasteiger partial charge >= 0.3 is 0 Å². The van der Waals surface area contributed by atoms with Gasteiger partial charge in [-0.2, -0.15) is 0 Å². The van der Waals surface area contributed by atoms with Crippen LogP contribution in [-0.4, -0.2) is 18.7 Å². The Hall–Kier alpha value is -2.68. The van der Waals surface area contributed by atoms with Crippen molar-refractivity contribution in [3.8, 4) is 0 Å². The van der Waals surface area contributed by atoms with E-state index in [1.165, 1.54) is 4.90 Å². The van der Waals surface area contributed by atoms with Gasteiger partial charge in [-0.25, -0.2) is 0 Å². The molecule has 0 aromatic heterocycles. The summed E-state index contributed by atoms with van der Waals surface area (Å²) in [7, 11) is 1.64. The minimum atomic E-state index is -0.458. The Labute approximate surface area is 115 Å². The van der Waals surface area contributed by atoms with Crippen LogP contribution in [0.4, 0.5) is 5.69 Å². The first-order valence-corrected chi connectivity index (χ1v) is 6.45. The zero-order valence-corrected chi connectivity index (χ0v) is 10.9. The number of benzene rings is 3. The molecule has 3 nitrogen and oxygen atoms in total. The highest BCUT2D eigenvalue weighted by molar-refractivity contribution is 6.54. The summed E-state index contributed by atoms with van der Waals surface area (Å²) in [6.07, 6.45) is 0. The Kier molecular flexibility index (Phi) is 2.05. The molecule has 3 aromatic carbocycles. The van der Waals surface area contributed by atoms with Crippen molar-refractivity contribution in [3.05, 3.63) is 54.1 Å². The molecule has 1 aliphatic rings. The van der Waals surface area contributed by atoms with Crippen LogP contribution in [0.15, 0.2) is 48.5 Å². The van der Waals surface area contributed by atoms with E-state index in [0.717, 1.165) is 21.5 Å². The van der Waals surface area contributed by atoms with Crippen molar-refractivity contribution >= 4 is 38.9 Å². The second-order valence-electron chi connectivity index (χ2n) is 5.07. The maximum absolute atomic E-state index is 12.2. The number of carbonyl (C=O) groups is 2. The van der Waals surface area contributed by atoms with E-state index in [2.05, 4.69) is 6.07 Å². The highest BCUT2D eigenvalue weighted by atomic mass is 16.2. The van der Waals surface area contributed by atoms with Gasteiger partial charge in [-0.15, -0.1) is 0 Å². The fourth-order valence-electron chi connectivity index (χ4n) is 2.89. The van der Waals surface area contributed by atoms with Gasteiger partial charge in [0, 0.05) is 7.05 Å². The van der Waals surface area contributed by atoms with Crippen LogP contribution in [0.1, 0.15) is 10.4 Å². The zero-order chi connectivity index (χ0) is 13.9. The van der Waals surface area contributed by atoms with Gasteiger partial charge in [0.25, 0.3) is 11.7 Å². The predicted molar refractivity (Wildman–Crippen MR) is 79.2 cm³/mol. The molecule has 0 saturated carbocycles. The molecule has 0 saturated heterocycles. The van der Waals surface area contributed by atoms with Crippen molar-refractivity contribution in [1.82, 2.24) is 0 Å². The summed E-state index contributed by atoms with van der Waals surface area (Å²) < 4.78 is 0. The number of ketones is 1. The standard InChI is InChI=1S/C17H11NO2/c1-18-14-7-6-12-8-10-4-2-3-5-11(10)9-13(12)15(14)16(19)17(18)20/h2-9H,1H3. The third-order valence-electron chi connectivity index (χ3n) is 3.95. The van der Waals surface area contributed by atoms with E-state index < -0.39 is 11.7 Å². The van der Waals surface area contributed by atoms with Gasteiger partial charge in [0.2, 0.25) is 0 Å². The van der Waals surface area contributed by atoms with Crippen LogP contribution in [0.5, 0.6) is 0 Å². The van der Waals surface area contributed by atoms with Crippen LogP contribution in [0.2, 0.25) is 0 Å². The second kappa shape index (κ2) is 3.67. The normalized spacial score (nSPS) is 14.3. The number of carbonyl (C=O) groups excluding carboxylic acids is 2. The molecule has 1 amide bonds. The van der Waals surface area contributed by atoms with E-state index >= 15 is 0 Å². The molecule has 0 N–H and O–H groups in total. The molecule has 0 bridgehead atoms. The molecule has 0 radical (unpaired) electrons. The van der Waals surface area contributed by atoms with Crippen LogP contribution in [-0.2, 0) is 4.79 Å². The van der Waals surface area contributed by atoms with Crippen LogP contribution < -0.4 is 4.90 Å². The predicted octanol–water partition coefficient (Wildman–Crippen LogP) is 3.15. The number of hydrogen-bond acceptors (Lipinski definition) is 2. The molecule has 0 spiro atoms. The number of rotatable bonds is 0. The van der Waals surface area contributed by atoms with Gasteiger partial charge in [-0.3, -0.25) is 9.59 Å². The molecule has 4 rings (SSSR count). The molecule has 1 aliphatic heterocycles. The molecule has 3 aromatic rings. The summed E-state index contributed by atoms with van der Waals surface area (Å²) in [6.45, 7) is 0. The number of nitrogens with zero attached hydrogens (tertiary/aromatic N) is 1. The lowest BCUT2D eigenvalue weighted by Gasteiger charge is -2.10. The molecule has 20 heavy (non-hydrogen) atoms. The Morgan fingerprint density at radius 1 is 0.850 bits per heavy atom. The summed E-state index contributed by atoms with van der Waals surface area (Å²) in [5.74, 6) is -0.871. The molecular formula is C17H11NO2. The maximum Gasteiger partial charge on any atom is 0.299 e. The average molecular weight is 261 g/mol. The van der Waals surface area contributed by atoms with Gasteiger partial charge in [-0.1, -0.05) is 30.3 Å². The van der Waals surface area contributed by atoms with Gasteiger partial charge in [0.15, 0.2) is 0 Å². The number of Topliss-reactive ketones (excluding diaryl/α,β-unsaturated/α-hetero) is 1. The third kappa shape index (κ3) is 1.29. The van der Waals surface area contributed by atoms with Gasteiger partial charge in [-0.05, 0) is 39.7 Å². The largest absolute Gasteiger partial charge is 0.308 e. The maximum atomic E-state index is 12.2. The summed E-state index contributed by atoms with van der Waals surface area (Å²) in [4.78, 5) is 25.4. The molecule has 0 atom stereocenters. The monoisotopic (exact) mass is 261 g/mol. The Bertz CT molecular complexity index is 911. The SMILES string of the molecule is CN1C(=O)C(=O)c2c1ccc1cc3ccccc3cc21. The summed E-state index contributed by atoms with van der Waals surface area (Å²) in [5, 5.41) is 4.04. The van der Waals surface area contributed by atoms with E-state index in [-0.39, 0.29) is 0 Å². The highest BCUT2D eigenvalue weighted by Gasteiger charge is 2.34. The smallest absolute Gasteiger partial charge is 0.299 e. The summed E-state index contributed by atoms with van der Waals surface area (Å²) in [6, 6.07) is 15.9. The van der Waals surface area contributed by atoms with Crippen LogP contribution in [0.25, 0.3) is 21.5 Å². The molecule has 1 heterocycles. The highest BCUT2D eigenvalue weighted by Crippen LogP contribution is 2.35. The topological polar surface area (TPSA) is 37.4 Å². The van der Waals surface area contributed by atoms with Crippen LogP contribution in [0, 0.1) is 0 Å².